The lowest BCUT2D eigenvalue weighted by Gasteiger charge is -2.10. The molecule has 0 atom stereocenters. The molecular formula is C17H19ClF3N3O3. The second-order valence-electron chi connectivity index (χ2n) is 5.69. The molecule has 0 fully saturated rings. The monoisotopic (exact) mass is 405 g/mol. The van der Waals surface area contributed by atoms with E-state index in [1.165, 1.54) is 21.1 Å². The highest BCUT2D eigenvalue weighted by Crippen LogP contribution is 2.35. The number of rotatable bonds is 7. The summed E-state index contributed by atoms with van der Waals surface area (Å²) in [5.41, 5.74) is -0.204. The standard InChI is InChI=1S/C17H19ClF3N3O3/c1-10-15(18)16(17(19,20)21)23-24(10)9-14(25)22-7-6-11-4-5-12(26-2)13(8-11)27-3/h4-5,8H,6-7,9H2,1-3H3,(H,22,25). The van der Waals surface area contributed by atoms with Crippen molar-refractivity contribution in [3.05, 3.63) is 40.2 Å². The number of nitrogens with one attached hydrogen (secondary N) is 1. The van der Waals surface area contributed by atoms with Crippen molar-refractivity contribution in [2.24, 2.45) is 0 Å². The first-order valence-electron chi connectivity index (χ1n) is 7.95. The van der Waals surface area contributed by atoms with E-state index in [-0.39, 0.29) is 12.2 Å². The number of benzene rings is 1. The van der Waals surface area contributed by atoms with Crippen molar-refractivity contribution >= 4 is 17.5 Å². The van der Waals surface area contributed by atoms with Crippen molar-refractivity contribution < 1.29 is 27.4 Å². The molecule has 0 bridgehead atoms. The minimum atomic E-state index is -4.67. The van der Waals surface area contributed by atoms with Crippen molar-refractivity contribution in [3.63, 3.8) is 0 Å². The van der Waals surface area contributed by atoms with Crippen LogP contribution in [0.3, 0.4) is 0 Å². The molecule has 0 aliphatic heterocycles. The van der Waals surface area contributed by atoms with Crippen LogP contribution in [0.2, 0.25) is 5.02 Å². The average Bonchev–Trinajstić information content (AvgIpc) is 2.90. The molecule has 0 saturated carbocycles. The Bertz CT molecular complexity index is 822. The van der Waals surface area contributed by atoms with Crippen LogP contribution in [-0.2, 0) is 23.9 Å². The highest BCUT2D eigenvalue weighted by Gasteiger charge is 2.38. The Morgan fingerprint density at radius 3 is 2.48 bits per heavy atom. The minimum Gasteiger partial charge on any atom is -0.493 e. The molecular weight excluding hydrogens is 387 g/mol. The maximum Gasteiger partial charge on any atom is 0.436 e. The largest absolute Gasteiger partial charge is 0.493 e. The highest BCUT2D eigenvalue weighted by atomic mass is 35.5. The zero-order chi connectivity index (χ0) is 20.2. The Kier molecular flexibility index (Phi) is 6.59. The van der Waals surface area contributed by atoms with Gasteiger partial charge in [-0.3, -0.25) is 9.48 Å². The Morgan fingerprint density at radius 2 is 1.93 bits per heavy atom. The molecule has 1 amide bonds. The first kappa shape index (κ1) is 20.9. The first-order valence-corrected chi connectivity index (χ1v) is 8.32. The second-order valence-corrected chi connectivity index (χ2v) is 6.07. The fourth-order valence-corrected chi connectivity index (χ4v) is 2.68. The van der Waals surface area contributed by atoms with Gasteiger partial charge >= 0.3 is 6.18 Å². The molecule has 10 heteroatoms. The smallest absolute Gasteiger partial charge is 0.436 e. The lowest BCUT2D eigenvalue weighted by atomic mass is 10.1. The number of carbonyl (C=O) groups excluding carboxylic acids is 1. The molecule has 2 rings (SSSR count). The van der Waals surface area contributed by atoms with Crippen LogP contribution in [0.5, 0.6) is 11.5 Å². The van der Waals surface area contributed by atoms with Gasteiger partial charge in [0, 0.05) is 6.54 Å². The number of carbonyl (C=O) groups is 1. The molecule has 1 N–H and O–H groups in total. The summed E-state index contributed by atoms with van der Waals surface area (Å²) in [6, 6.07) is 5.38. The average molecular weight is 406 g/mol. The van der Waals surface area contributed by atoms with Gasteiger partial charge in [0.1, 0.15) is 6.54 Å². The van der Waals surface area contributed by atoms with Crippen molar-refractivity contribution in [2.75, 3.05) is 20.8 Å². The molecule has 0 aliphatic rings. The van der Waals surface area contributed by atoms with Crippen molar-refractivity contribution in [2.45, 2.75) is 26.1 Å². The number of nitrogens with zero attached hydrogens (tertiary/aromatic N) is 2. The van der Waals surface area contributed by atoms with Crippen LogP contribution >= 0.6 is 11.6 Å². The number of aromatic nitrogens is 2. The number of hydrogen-bond donors (Lipinski definition) is 1. The third kappa shape index (κ3) is 5.06. The van der Waals surface area contributed by atoms with Gasteiger partial charge in [0.15, 0.2) is 17.2 Å². The van der Waals surface area contributed by atoms with E-state index in [1.807, 2.05) is 6.07 Å². The summed E-state index contributed by atoms with van der Waals surface area (Å²) in [5.74, 6) is 0.700. The van der Waals surface area contributed by atoms with E-state index in [0.29, 0.717) is 24.5 Å². The first-order chi connectivity index (χ1) is 12.7. The van der Waals surface area contributed by atoms with Crippen LogP contribution in [0.1, 0.15) is 17.0 Å². The number of amides is 1. The molecule has 0 aliphatic carbocycles. The Hall–Kier alpha value is -2.42. The van der Waals surface area contributed by atoms with E-state index in [2.05, 4.69) is 10.4 Å². The molecule has 0 saturated heterocycles. The van der Waals surface area contributed by atoms with Gasteiger partial charge in [-0.2, -0.15) is 18.3 Å². The molecule has 1 aromatic carbocycles. The van der Waals surface area contributed by atoms with Gasteiger partial charge in [-0.15, -0.1) is 0 Å². The summed E-state index contributed by atoms with van der Waals surface area (Å²) in [7, 11) is 3.06. The minimum absolute atomic E-state index is 0.0824. The third-order valence-electron chi connectivity index (χ3n) is 3.88. The number of halogens is 4. The van der Waals surface area contributed by atoms with Gasteiger partial charge in [0.05, 0.1) is 24.9 Å². The molecule has 1 heterocycles. The predicted octanol–water partition coefficient (Wildman–Crippen LogP) is 3.24. The van der Waals surface area contributed by atoms with Crippen LogP contribution in [0.4, 0.5) is 13.2 Å². The Labute approximate surface area is 159 Å². The van der Waals surface area contributed by atoms with Gasteiger partial charge < -0.3 is 14.8 Å². The van der Waals surface area contributed by atoms with Gasteiger partial charge in [-0.05, 0) is 31.0 Å². The van der Waals surface area contributed by atoms with E-state index >= 15 is 0 Å². The fourth-order valence-electron chi connectivity index (χ4n) is 2.43. The van der Waals surface area contributed by atoms with Gasteiger partial charge in [0.25, 0.3) is 0 Å². The van der Waals surface area contributed by atoms with Crippen LogP contribution < -0.4 is 14.8 Å². The van der Waals surface area contributed by atoms with Crippen LogP contribution in [0, 0.1) is 6.92 Å². The summed E-state index contributed by atoms with van der Waals surface area (Å²) in [6.07, 6.45) is -4.16. The van der Waals surface area contributed by atoms with Gasteiger partial charge in [0.2, 0.25) is 5.91 Å². The zero-order valence-corrected chi connectivity index (χ0v) is 15.7. The second kappa shape index (κ2) is 8.51. The fraction of sp³-hybridized carbons (Fsp3) is 0.412. The van der Waals surface area contributed by atoms with E-state index in [9.17, 15) is 18.0 Å². The number of methoxy groups -OCH3 is 2. The third-order valence-corrected chi connectivity index (χ3v) is 4.33. The molecule has 2 aromatic rings. The number of hydrogen-bond acceptors (Lipinski definition) is 4. The number of alkyl halides is 3. The quantitative estimate of drug-likeness (QED) is 0.768. The SMILES string of the molecule is COc1ccc(CCNC(=O)Cn2nc(C(F)(F)F)c(Cl)c2C)cc1OC. The van der Waals surface area contributed by atoms with Crippen LogP contribution in [-0.4, -0.2) is 36.5 Å². The molecule has 0 unspecified atom stereocenters. The van der Waals surface area contributed by atoms with Crippen molar-refractivity contribution in [1.82, 2.24) is 15.1 Å². The highest BCUT2D eigenvalue weighted by molar-refractivity contribution is 6.32. The summed E-state index contributed by atoms with van der Waals surface area (Å²) in [4.78, 5) is 12.0. The Balaban J connectivity index is 1.94. The summed E-state index contributed by atoms with van der Waals surface area (Å²) < 4.78 is 49.7. The van der Waals surface area contributed by atoms with E-state index in [0.717, 1.165) is 10.2 Å². The maximum absolute atomic E-state index is 12.8. The molecule has 0 spiro atoms. The lowest BCUT2D eigenvalue weighted by Crippen LogP contribution is -2.30. The Morgan fingerprint density at radius 1 is 1.26 bits per heavy atom. The molecule has 1 aromatic heterocycles. The van der Waals surface area contributed by atoms with E-state index in [4.69, 9.17) is 21.1 Å². The molecule has 148 valence electrons. The molecule has 27 heavy (non-hydrogen) atoms. The normalized spacial score (nSPS) is 11.4. The van der Waals surface area contributed by atoms with Gasteiger partial charge in [-0.25, -0.2) is 0 Å². The molecule has 0 radical (unpaired) electrons. The van der Waals surface area contributed by atoms with Crippen molar-refractivity contribution in [1.29, 1.82) is 0 Å². The van der Waals surface area contributed by atoms with E-state index in [1.54, 1.807) is 12.1 Å². The van der Waals surface area contributed by atoms with Crippen LogP contribution in [0.25, 0.3) is 0 Å². The topological polar surface area (TPSA) is 65.4 Å². The van der Waals surface area contributed by atoms with Crippen LogP contribution in [0.15, 0.2) is 18.2 Å². The van der Waals surface area contributed by atoms with E-state index < -0.39 is 22.8 Å². The summed E-state index contributed by atoms with van der Waals surface area (Å²) >= 11 is 5.66. The summed E-state index contributed by atoms with van der Waals surface area (Å²) in [5, 5.41) is 5.54. The summed E-state index contributed by atoms with van der Waals surface area (Å²) in [6.45, 7) is 1.32. The van der Waals surface area contributed by atoms with Crippen molar-refractivity contribution in [3.8, 4) is 11.5 Å². The lowest BCUT2D eigenvalue weighted by molar-refractivity contribution is -0.141. The van der Waals surface area contributed by atoms with Gasteiger partial charge in [-0.1, -0.05) is 17.7 Å². The molecule has 6 nitrogen and oxygen atoms in total. The number of ether oxygens (including phenoxy) is 2. The zero-order valence-electron chi connectivity index (χ0n) is 15.0. The maximum atomic E-state index is 12.8. The predicted molar refractivity (Wildman–Crippen MR) is 93.2 cm³/mol.